The molecule has 3 heteroatoms. The molecule has 1 N–H and O–H groups in total. The second-order valence-electron chi connectivity index (χ2n) is 4.74. The summed E-state index contributed by atoms with van der Waals surface area (Å²) >= 11 is 1.92. The lowest BCUT2D eigenvalue weighted by Crippen LogP contribution is -2.28. The van der Waals surface area contributed by atoms with Crippen LogP contribution in [0.1, 0.15) is 31.7 Å². The van der Waals surface area contributed by atoms with Gasteiger partial charge in [0.2, 0.25) is 0 Å². The highest BCUT2D eigenvalue weighted by atomic mass is 32.2. The molecule has 1 aromatic carbocycles. The number of hydrogen-bond acceptors (Lipinski definition) is 2. The topological polar surface area (TPSA) is 12.0 Å². The molecule has 1 atom stereocenters. The van der Waals surface area contributed by atoms with Crippen molar-refractivity contribution in [2.45, 2.75) is 38.6 Å². The van der Waals surface area contributed by atoms with Crippen LogP contribution in [0.15, 0.2) is 24.3 Å². The number of hydrogen-bond donors (Lipinski definition) is 1. The van der Waals surface area contributed by atoms with Gasteiger partial charge in [-0.25, -0.2) is 4.39 Å². The van der Waals surface area contributed by atoms with Crippen molar-refractivity contribution in [3.05, 3.63) is 35.6 Å². The maximum atomic E-state index is 12.8. The van der Waals surface area contributed by atoms with Crippen LogP contribution in [0, 0.1) is 5.82 Å². The van der Waals surface area contributed by atoms with E-state index in [1.54, 1.807) is 0 Å². The van der Waals surface area contributed by atoms with Crippen LogP contribution in [-0.2, 0) is 6.42 Å². The lowest BCUT2D eigenvalue weighted by Gasteiger charge is -2.13. The lowest BCUT2D eigenvalue weighted by atomic mass is 10.1. The zero-order chi connectivity index (χ0) is 13.2. The predicted molar refractivity (Wildman–Crippen MR) is 79.8 cm³/mol. The van der Waals surface area contributed by atoms with Crippen molar-refractivity contribution in [1.82, 2.24) is 5.32 Å². The van der Waals surface area contributed by atoms with Crippen LogP contribution in [-0.4, -0.2) is 24.6 Å². The van der Waals surface area contributed by atoms with E-state index in [-0.39, 0.29) is 5.82 Å². The van der Waals surface area contributed by atoms with E-state index in [0.717, 1.165) is 13.0 Å². The zero-order valence-electron chi connectivity index (χ0n) is 11.4. The Morgan fingerprint density at radius 2 is 1.89 bits per heavy atom. The smallest absolute Gasteiger partial charge is 0.123 e. The minimum atomic E-state index is -0.159. The maximum Gasteiger partial charge on any atom is 0.123 e. The molecular weight excluding hydrogens is 245 g/mol. The van der Waals surface area contributed by atoms with Gasteiger partial charge in [0.05, 0.1) is 0 Å². The number of rotatable bonds is 9. The van der Waals surface area contributed by atoms with E-state index in [1.807, 2.05) is 23.9 Å². The van der Waals surface area contributed by atoms with E-state index in [4.69, 9.17) is 0 Å². The van der Waals surface area contributed by atoms with Gasteiger partial charge in [0.1, 0.15) is 5.82 Å². The summed E-state index contributed by atoms with van der Waals surface area (Å²) in [7, 11) is 0. The zero-order valence-corrected chi connectivity index (χ0v) is 12.2. The lowest BCUT2D eigenvalue weighted by molar-refractivity contribution is 0.523. The van der Waals surface area contributed by atoms with Gasteiger partial charge in [0, 0.05) is 6.04 Å². The quantitative estimate of drug-likeness (QED) is 0.683. The molecule has 0 heterocycles. The Morgan fingerprint density at radius 3 is 2.56 bits per heavy atom. The number of benzene rings is 1. The number of thioether (sulfide) groups is 1. The highest BCUT2D eigenvalue weighted by Gasteiger charge is 2.02. The van der Waals surface area contributed by atoms with Gasteiger partial charge in [-0.3, -0.25) is 0 Å². The van der Waals surface area contributed by atoms with E-state index in [0.29, 0.717) is 6.04 Å². The maximum absolute atomic E-state index is 12.8. The first-order valence-corrected chi connectivity index (χ1v) is 8.08. The van der Waals surface area contributed by atoms with E-state index >= 15 is 0 Å². The summed E-state index contributed by atoms with van der Waals surface area (Å²) in [6, 6.07) is 7.25. The summed E-state index contributed by atoms with van der Waals surface area (Å²) in [4.78, 5) is 0. The largest absolute Gasteiger partial charge is 0.314 e. The van der Waals surface area contributed by atoms with Gasteiger partial charge < -0.3 is 5.32 Å². The van der Waals surface area contributed by atoms with Crippen molar-refractivity contribution in [1.29, 1.82) is 0 Å². The van der Waals surface area contributed by atoms with Gasteiger partial charge in [0.25, 0.3) is 0 Å². The average Bonchev–Trinajstić information content (AvgIpc) is 2.36. The Labute approximate surface area is 115 Å². The van der Waals surface area contributed by atoms with Crippen molar-refractivity contribution in [3.63, 3.8) is 0 Å². The fourth-order valence-corrected chi connectivity index (χ4v) is 2.44. The van der Waals surface area contributed by atoms with Crippen molar-refractivity contribution < 1.29 is 4.39 Å². The van der Waals surface area contributed by atoms with E-state index in [1.165, 1.54) is 42.7 Å². The molecule has 0 radical (unpaired) electrons. The Bertz CT molecular complexity index is 313. The molecule has 0 amide bonds. The molecule has 1 nitrogen and oxygen atoms in total. The normalized spacial score (nSPS) is 12.6. The van der Waals surface area contributed by atoms with Crippen molar-refractivity contribution in [3.8, 4) is 0 Å². The van der Waals surface area contributed by atoms with Gasteiger partial charge in [-0.05, 0) is 62.4 Å². The van der Waals surface area contributed by atoms with Gasteiger partial charge >= 0.3 is 0 Å². The Hall–Kier alpha value is -0.540. The first-order valence-electron chi connectivity index (χ1n) is 6.69. The fraction of sp³-hybridized carbons (Fsp3) is 0.600. The number of halogens is 1. The second kappa shape index (κ2) is 9.40. The predicted octanol–water partition coefficient (Wildman–Crippen LogP) is 3.88. The van der Waals surface area contributed by atoms with E-state index < -0.39 is 0 Å². The Kier molecular flexibility index (Phi) is 8.10. The molecule has 0 saturated carbocycles. The molecule has 0 saturated heterocycles. The molecule has 1 unspecified atom stereocenters. The fourth-order valence-electron chi connectivity index (χ4n) is 1.94. The van der Waals surface area contributed by atoms with Crippen LogP contribution >= 0.6 is 11.8 Å². The molecule has 1 rings (SSSR count). The standard InChI is InChI=1S/C15H24FNS/c1-13(17-10-4-3-5-11-18-2)12-14-6-8-15(16)9-7-14/h6-9,13,17H,3-5,10-12H2,1-2H3. The number of nitrogens with one attached hydrogen (secondary N) is 1. The summed E-state index contributed by atoms with van der Waals surface area (Å²) < 4.78 is 12.8. The third-order valence-electron chi connectivity index (χ3n) is 2.97. The number of unbranched alkanes of at least 4 members (excludes halogenated alkanes) is 2. The third-order valence-corrected chi connectivity index (χ3v) is 3.67. The Balaban J connectivity index is 2.10. The van der Waals surface area contributed by atoms with E-state index in [2.05, 4.69) is 18.5 Å². The molecule has 0 fully saturated rings. The summed E-state index contributed by atoms with van der Waals surface area (Å²) in [5, 5.41) is 3.52. The molecule has 0 bridgehead atoms. The first kappa shape index (κ1) is 15.5. The van der Waals surface area contributed by atoms with Crippen LogP contribution in [0.3, 0.4) is 0 Å². The molecular formula is C15H24FNS. The molecule has 0 aliphatic rings. The van der Waals surface area contributed by atoms with Gasteiger partial charge in [0.15, 0.2) is 0 Å². The molecule has 0 spiro atoms. The van der Waals surface area contributed by atoms with Gasteiger partial charge in [-0.15, -0.1) is 0 Å². The highest BCUT2D eigenvalue weighted by Crippen LogP contribution is 2.06. The third kappa shape index (κ3) is 7.02. The van der Waals surface area contributed by atoms with Crippen molar-refractivity contribution in [2.75, 3.05) is 18.6 Å². The molecule has 18 heavy (non-hydrogen) atoms. The van der Waals surface area contributed by atoms with Crippen LogP contribution in [0.25, 0.3) is 0 Å². The van der Waals surface area contributed by atoms with Crippen molar-refractivity contribution >= 4 is 11.8 Å². The summed E-state index contributed by atoms with van der Waals surface area (Å²) in [6.07, 6.45) is 6.98. The van der Waals surface area contributed by atoms with Gasteiger partial charge in [-0.2, -0.15) is 11.8 Å². The first-order chi connectivity index (χ1) is 8.72. The SMILES string of the molecule is CSCCCCCNC(C)Cc1ccc(F)cc1. The minimum absolute atomic E-state index is 0.159. The van der Waals surface area contributed by atoms with Crippen LogP contribution in [0.2, 0.25) is 0 Å². The van der Waals surface area contributed by atoms with Crippen LogP contribution in [0.5, 0.6) is 0 Å². The Morgan fingerprint density at radius 1 is 1.17 bits per heavy atom. The summed E-state index contributed by atoms with van der Waals surface area (Å²) in [6.45, 7) is 3.27. The molecule has 1 aromatic rings. The second-order valence-corrected chi connectivity index (χ2v) is 5.72. The van der Waals surface area contributed by atoms with Gasteiger partial charge in [-0.1, -0.05) is 18.6 Å². The van der Waals surface area contributed by atoms with E-state index in [9.17, 15) is 4.39 Å². The minimum Gasteiger partial charge on any atom is -0.314 e. The average molecular weight is 269 g/mol. The molecule has 0 aromatic heterocycles. The molecule has 102 valence electrons. The highest BCUT2D eigenvalue weighted by molar-refractivity contribution is 7.98. The van der Waals surface area contributed by atoms with Crippen LogP contribution < -0.4 is 5.32 Å². The molecule has 0 aliphatic carbocycles. The summed E-state index contributed by atoms with van der Waals surface area (Å²) in [5.74, 6) is 1.11. The van der Waals surface area contributed by atoms with Crippen LogP contribution in [0.4, 0.5) is 4.39 Å². The summed E-state index contributed by atoms with van der Waals surface area (Å²) in [5.41, 5.74) is 1.19. The molecule has 0 aliphatic heterocycles. The monoisotopic (exact) mass is 269 g/mol. The van der Waals surface area contributed by atoms with Crippen molar-refractivity contribution in [2.24, 2.45) is 0 Å².